The monoisotopic (exact) mass is 356 g/mol. The fourth-order valence-electron chi connectivity index (χ4n) is 2.87. The summed E-state index contributed by atoms with van der Waals surface area (Å²) >= 11 is 5.83. The number of carbonyl (C=O) groups excluding carboxylic acids is 1. The van der Waals surface area contributed by atoms with Crippen LogP contribution in [-0.2, 0) is 13.5 Å². The number of halogens is 1. The van der Waals surface area contributed by atoms with Crippen molar-refractivity contribution in [2.24, 2.45) is 7.05 Å². The van der Waals surface area contributed by atoms with Crippen LogP contribution in [0.2, 0.25) is 5.02 Å². The number of benzene rings is 2. The Hall–Kier alpha value is -2.79. The quantitative estimate of drug-likeness (QED) is 0.751. The second-order valence-corrected chi connectivity index (χ2v) is 6.15. The Morgan fingerprint density at radius 2 is 1.88 bits per heavy atom. The fourth-order valence-corrected chi connectivity index (χ4v) is 2.99. The number of aryl methyl sites for hydroxylation is 2. The van der Waals surface area contributed by atoms with E-state index in [1.165, 1.54) is 4.57 Å². The molecule has 1 heterocycles. The van der Waals surface area contributed by atoms with Crippen molar-refractivity contribution in [1.29, 1.82) is 0 Å². The molecule has 3 aromatic rings. The molecule has 0 aliphatic carbocycles. The minimum absolute atomic E-state index is 0.272. The van der Waals surface area contributed by atoms with Gasteiger partial charge in [-0.1, -0.05) is 30.7 Å². The van der Waals surface area contributed by atoms with Gasteiger partial charge in [-0.3, -0.25) is 9.59 Å². The number of rotatable bonds is 3. The topological polar surface area (TPSA) is 71.3 Å². The van der Waals surface area contributed by atoms with E-state index in [9.17, 15) is 14.7 Å². The maximum atomic E-state index is 12.6. The molecule has 1 aromatic heterocycles. The summed E-state index contributed by atoms with van der Waals surface area (Å²) in [6.07, 6.45) is 0.668. The summed E-state index contributed by atoms with van der Waals surface area (Å²) in [7, 11) is 1.59. The number of fused-ring (bicyclic) bond motifs is 1. The van der Waals surface area contributed by atoms with Gasteiger partial charge in [0, 0.05) is 23.1 Å². The number of aromatic nitrogens is 1. The van der Waals surface area contributed by atoms with Crippen LogP contribution in [0.1, 0.15) is 22.8 Å². The highest BCUT2D eigenvalue weighted by atomic mass is 35.5. The third-order valence-corrected chi connectivity index (χ3v) is 4.44. The molecule has 0 saturated heterocycles. The van der Waals surface area contributed by atoms with E-state index in [0.29, 0.717) is 28.0 Å². The molecule has 0 aliphatic rings. The van der Waals surface area contributed by atoms with Crippen molar-refractivity contribution in [3.05, 3.63) is 69.0 Å². The molecule has 2 aromatic carbocycles. The molecule has 0 bridgehead atoms. The predicted octanol–water partition coefficient (Wildman–Crippen LogP) is 3.71. The molecule has 0 unspecified atom stereocenters. The number of pyridine rings is 1. The number of nitrogens with zero attached hydrogens (tertiary/aromatic N) is 1. The SMILES string of the molecule is CCc1cccc2c1c(O)c(C(=O)Nc1ccc(Cl)cc1)c(=O)n2C. The fraction of sp³-hybridized carbons (Fsp3) is 0.158. The van der Waals surface area contributed by atoms with Gasteiger partial charge in [-0.2, -0.15) is 0 Å². The molecule has 0 spiro atoms. The molecule has 2 N–H and O–H groups in total. The Morgan fingerprint density at radius 3 is 2.52 bits per heavy atom. The zero-order valence-electron chi connectivity index (χ0n) is 13.8. The van der Waals surface area contributed by atoms with Gasteiger partial charge >= 0.3 is 0 Å². The van der Waals surface area contributed by atoms with E-state index in [1.54, 1.807) is 37.4 Å². The van der Waals surface area contributed by atoms with E-state index in [1.807, 2.05) is 19.1 Å². The molecule has 0 saturated carbocycles. The first-order chi connectivity index (χ1) is 11.9. The van der Waals surface area contributed by atoms with E-state index in [2.05, 4.69) is 5.32 Å². The number of hydrogen-bond donors (Lipinski definition) is 2. The molecular weight excluding hydrogens is 340 g/mol. The van der Waals surface area contributed by atoms with Crippen LogP contribution in [0.15, 0.2) is 47.3 Å². The zero-order valence-corrected chi connectivity index (χ0v) is 14.6. The van der Waals surface area contributed by atoms with Crippen LogP contribution >= 0.6 is 11.6 Å². The number of carbonyl (C=O) groups is 1. The number of amides is 1. The van der Waals surface area contributed by atoms with Crippen LogP contribution in [0.4, 0.5) is 5.69 Å². The van der Waals surface area contributed by atoms with Crippen molar-refractivity contribution in [3.63, 3.8) is 0 Å². The molecule has 128 valence electrons. The molecule has 0 atom stereocenters. The average Bonchev–Trinajstić information content (AvgIpc) is 2.61. The first kappa shape index (κ1) is 17.0. The summed E-state index contributed by atoms with van der Waals surface area (Å²) in [5.41, 5.74) is 1.12. The van der Waals surface area contributed by atoms with E-state index in [0.717, 1.165) is 5.56 Å². The van der Waals surface area contributed by atoms with Crippen LogP contribution < -0.4 is 10.9 Å². The van der Waals surface area contributed by atoms with Gasteiger partial charge in [0.05, 0.1) is 5.52 Å². The average molecular weight is 357 g/mol. The van der Waals surface area contributed by atoms with Gasteiger partial charge in [-0.25, -0.2) is 0 Å². The second-order valence-electron chi connectivity index (χ2n) is 5.71. The highest BCUT2D eigenvalue weighted by Gasteiger charge is 2.22. The standard InChI is InChI=1S/C19H17ClN2O3/c1-3-11-5-4-6-14-15(11)17(23)16(19(25)22(14)2)18(24)21-13-9-7-12(20)8-10-13/h4-10,23H,3H2,1-2H3,(H,21,24). The largest absolute Gasteiger partial charge is 0.506 e. The molecular formula is C19H17ClN2O3. The summed E-state index contributed by atoms with van der Waals surface area (Å²) in [6.45, 7) is 1.95. The Balaban J connectivity index is 2.17. The molecule has 0 aliphatic heterocycles. The van der Waals surface area contributed by atoms with E-state index >= 15 is 0 Å². The summed E-state index contributed by atoms with van der Waals surface area (Å²) in [5, 5.41) is 14.3. The van der Waals surface area contributed by atoms with Crippen molar-refractivity contribution >= 4 is 34.1 Å². The van der Waals surface area contributed by atoms with Gasteiger partial charge in [0.25, 0.3) is 11.5 Å². The Bertz CT molecular complexity index is 1020. The van der Waals surface area contributed by atoms with Crippen LogP contribution in [-0.4, -0.2) is 15.6 Å². The summed E-state index contributed by atoms with van der Waals surface area (Å²) in [5.74, 6) is -0.949. The van der Waals surface area contributed by atoms with Crippen molar-refractivity contribution in [3.8, 4) is 5.75 Å². The van der Waals surface area contributed by atoms with Crippen molar-refractivity contribution in [1.82, 2.24) is 4.57 Å². The molecule has 0 radical (unpaired) electrons. The smallest absolute Gasteiger partial charge is 0.267 e. The van der Waals surface area contributed by atoms with Crippen LogP contribution in [0, 0.1) is 0 Å². The van der Waals surface area contributed by atoms with Crippen molar-refractivity contribution in [2.75, 3.05) is 5.32 Å². The maximum Gasteiger partial charge on any atom is 0.267 e. The number of hydrogen-bond acceptors (Lipinski definition) is 3. The maximum absolute atomic E-state index is 12.6. The van der Waals surface area contributed by atoms with Gasteiger partial charge in [0.1, 0.15) is 11.3 Å². The molecule has 5 nitrogen and oxygen atoms in total. The first-order valence-corrected chi connectivity index (χ1v) is 8.22. The summed E-state index contributed by atoms with van der Waals surface area (Å²) in [4.78, 5) is 25.2. The normalized spacial score (nSPS) is 10.8. The van der Waals surface area contributed by atoms with Gasteiger partial charge in [-0.05, 0) is 42.3 Å². The summed E-state index contributed by atoms with van der Waals surface area (Å²) in [6, 6.07) is 12.0. The van der Waals surface area contributed by atoms with Crippen LogP contribution in [0.5, 0.6) is 5.75 Å². The zero-order chi connectivity index (χ0) is 18.1. The summed E-state index contributed by atoms with van der Waals surface area (Å²) < 4.78 is 1.38. The molecule has 25 heavy (non-hydrogen) atoms. The number of anilines is 1. The lowest BCUT2D eigenvalue weighted by atomic mass is 10.0. The predicted molar refractivity (Wildman–Crippen MR) is 99.6 cm³/mol. The lowest BCUT2D eigenvalue weighted by molar-refractivity contribution is 0.102. The Kier molecular flexibility index (Phi) is 4.51. The third-order valence-electron chi connectivity index (χ3n) is 4.19. The van der Waals surface area contributed by atoms with Crippen LogP contribution in [0.25, 0.3) is 10.9 Å². The molecule has 0 fully saturated rings. The van der Waals surface area contributed by atoms with Crippen LogP contribution in [0.3, 0.4) is 0 Å². The Labute approximate surface area is 149 Å². The van der Waals surface area contributed by atoms with E-state index < -0.39 is 11.5 Å². The highest BCUT2D eigenvalue weighted by molar-refractivity contribution is 6.30. The van der Waals surface area contributed by atoms with Gasteiger partial charge < -0.3 is 15.0 Å². The van der Waals surface area contributed by atoms with Crippen molar-refractivity contribution < 1.29 is 9.90 Å². The molecule has 3 rings (SSSR count). The number of nitrogens with one attached hydrogen (secondary N) is 1. The minimum Gasteiger partial charge on any atom is -0.506 e. The first-order valence-electron chi connectivity index (χ1n) is 7.84. The molecule has 6 heteroatoms. The van der Waals surface area contributed by atoms with Gasteiger partial charge in [0.15, 0.2) is 0 Å². The van der Waals surface area contributed by atoms with Crippen molar-refractivity contribution in [2.45, 2.75) is 13.3 Å². The van der Waals surface area contributed by atoms with E-state index in [-0.39, 0.29) is 11.3 Å². The molecule has 1 amide bonds. The van der Waals surface area contributed by atoms with Gasteiger partial charge in [0.2, 0.25) is 0 Å². The third kappa shape index (κ3) is 2.98. The van der Waals surface area contributed by atoms with Gasteiger partial charge in [-0.15, -0.1) is 0 Å². The van der Waals surface area contributed by atoms with E-state index in [4.69, 9.17) is 11.6 Å². The number of aromatic hydroxyl groups is 1. The highest BCUT2D eigenvalue weighted by Crippen LogP contribution is 2.30. The minimum atomic E-state index is -0.659. The second kappa shape index (κ2) is 6.61. The Morgan fingerprint density at radius 1 is 1.20 bits per heavy atom. The lowest BCUT2D eigenvalue weighted by Crippen LogP contribution is -2.28. The lowest BCUT2D eigenvalue weighted by Gasteiger charge is -2.14.